The molecule has 2 aliphatic carbocycles. The van der Waals surface area contributed by atoms with Crippen molar-refractivity contribution in [3.63, 3.8) is 0 Å². The van der Waals surface area contributed by atoms with Crippen LogP contribution in [0.1, 0.15) is 96.0 Å². The second kappa shape index (κ2) is 15.5. The Morgan fingerprint density at radius 1 is 0.456 bits per heavy atom. The van der Waals surface area contributed by atoms with Gasteiger partial charge < -0.3 is 9.80 Å². The number of rotatable bonds is 5. The van der Waals surface area contributed by atoms with Gasteiger partial charge in [-0.1, -0.05) is 200 Å². The minimum atomic E-state index is -0.0333. The molecule has 0 bridgehead atoms. The van der Waals surface area contributed by atoms with Crippen molar-refractivity contribution in [2.45, 2.75) is 84.5 Å². The van der Waals surface area contributed by atoms with Crippen molar-refractivity contribution in [1.29, 1.82) is 0 Å². The molecular formula is C65H59BN2. The van der Waals surface area contributed by atoms with Gasteiger partial charge in [0.25, 0.3) is 6.71 Å². The van der Waals surface area contributed by atoms with Gasteiger partial charge in [0.05, 0.1) is 5.69 Å². The molecule has 0 aromatic heterocycles. The average Bonchev–Trinajstić information content (AvgIpc) is 3.59. The largest absolute Gasteiger partial charge is 0.311 e. The highest BCUT2D eigenvalue weighted by atomic mass is 15.2. The monoisotopic (exact) mass is 878 g/mol. The molecule has 8 aromatic rings. The molecular weight excluding hydrogens is 820 g/mol. The van der Waals surface area contributed by atoms with E-state index in [-0.39, 0.29) is 23.0 Å². The fourth-order valence-electron chi connectivity index (χ4n) is 11.9. The van der Waals surface area contributed by atoms with Crippen LogP contribution in [0.2, 0.25) is 0 Å². The summed E-state index contributed by atoms with van der Waals surface area (Å²) in [5, 5.41) is 0. The third kappa shape index (κ3) is 6.61. The van der Waals surface area contributed by atoms with Crippen molar-refractivity contribution in [1.82, 2.24) is 0 Å². The Balaban J connectivity index is 1.08. The van der Waals surface area contributed by atoms with Crippen LogP contribution in [0.15, 0.2) is 194 Å². The highest BCUT2D eigenvalue weighted by molar-refractivity contribution is 7.00. The second-order valence-corrected chi connectivity index (χ2v) is 22.1. The first-order valence-corrected chi connectivity index (χ1v) is 24.7. The van der Waals surface area contributed by atoms with Gasteiger partial charge in [-0.05, 0) is 144 Å². The van der Waals surface area contributed by atoms with E-state index in [0.717, 1.165) is 12.8 Å². The first kappa shape index (κ1) is 42.3. The Kier molecular flexibility index (Phi) is 9.62. The summed E-state index contributed by atoms with van der Waals surface area (Å²) in [6.45, 7) is 18.9. The molecule has 8 aromatic carbocycles. The average molecular weight is 879 g/mol. The standard InChI is InChI=1S/C65H59BN2/c1-63(2,3)46-33-38-57-55(40-46)66-54-36-32-47(64(4,5)6)41-60(54)67(48-34-29-44(30-35-48)49-24-17-26-53-61(49)50-23-15-16-25-52(50)65(53,7)8)58-27-18-28-59(62(58)66)68(57)56-37-31-45(42-19-11-9-12-20-42)39-51(56)43-21-13-10-14-22-43/h9-16,18-25,27-41H,17,26H2,1-8H3. The van der Waals surface area contributed by atoms with Crippen LogP contribution in [-0.2, 0) is 16.2 Å². The minimum absolute atomic E-state index is 0.0293. The summed E-state index contributed by atoms with van der Waals surface area (Å²) < 4.78 is 0. The van der Waals surface area contributed by atoms with E-state index in [1.54, 1.807) is 5.57 Å². The van der Waals surface area contributed by atoms with Gasteiger partial charge >= 0.3 is 0 Å². The first-order valence-electron chi connectivity index (χ1n) is 24.7. The first-order chi connectivity index (χ1) is 32.8. The zero-order valence-electron chi connectivity index (χ0n) is 40.8. The summed E-state index contributed by atoms with van der Waals surface area (Å²) in [7, 11) is 0. The molecule has 0 fully saturated rings. The lowest BCUT2D eigenvalue weighted by atomic mass is 9.33. The maximum atomic E-state index is 2.58. The SMILES string of the molecule is CC(C)(C)c1ccc2c(c1)B1c3ccc(C(C)(C)C)cc3N(c3ccc(C4=CCCC5=C4c4ccccc4C5(C)C)cc3)c3cccc(c31)N2c1ccc(-c2ccccc2)cc1-c1ccccc1. The van der Waals surface area contributed by atoms with Crippen molar-refractivity contribution in [2.75, 3.05) is 9.80 Å². The molecule has 0 saturated carbocycles. The van der Waals surface area contributed by atoms with E-state index in [4.69, 9.17) is 0 Å². The molecule has 0 atom stereocenters. The van der Waals surface area contributed by atoms with Crippen LogP contribution in [-0.4, -0.2) is 6.71 Å². The molecule has 12 rings (SSSR count). The fourth-order valence-corrected chi connectivity index (χ4v) is 11.9. The van der Waals surface area contributed by atoms with Crippen molar-refractivity contribution in [3.05, 3.63) is 221 Å². The third-order valence-corrected chi connectivity index (χ3v) is 15.5. The van der Waals surface area contributed by atoms with E-state index >= 15 is 0 Å². The van der Waals surface area contributed by atoms with Crippen LogP contribution in [0.25, 0.3) is 33.4 Å². The Bertz CT molecular complexity index is 3380. The van der Waals surface area contributed by atoms with Gasteiger partial charge in [-0.25, -0.2) is 0 Å². The molecule has 332 valence electrons. The quantitative estimate of drug-likeness (QED) is 0.159. The predicted molar refractivity (Wildman–Crippen MR) is 292 cm³/mol. The smallest absolute Gasteiger partial charge is 0.252 e. The molecule has 0 saturated heterocycles. The van der Waals surface area contributed by atoms with Crippen molar-refractivity contribution in [3.8, 4) is 22.3 Å². The number of hydrogen-bond acceptors (Lipinski definition) is 2. The summed E-state index contributed by atoms with van der Waals surface area (Å²) in [6.07, 6.45) is 4.67. The van der Waals surface area contributed by atoms with Crippen molar-refractivity contribution < 1.29 is 0 Å². The van der Waals surface area contributed by atoms with Crippen LogP contribution in [0, 0.1) is 0 Å². The molecule has 0 radical (unpaired) electrons. The summed E-state index contributed by atoms with van der Waals surface area (Å²) in [6, 6.07) is 69.1. The summed E-state index contributed by atoms with van der Waals surface area (Å²) >= 11 is 0. The lowest BCUT2D eigenvalue weighted by Gasteiger charge is -2.45. The molecule has 68 heavy (non-hydrogen) atoms. The van der Waals surface area contributed by atoms with E-state index in [1.165, 1.54) is 112 Å². The summed E-state index contributed by atoms with van der Waals surface area (Å²) in [5.74, 6) is 0. The molecule has 2 heterocycles. The maximum absolute atomic E-state index is 2.58. The lowest BCUT2D eigenvalue weighted by Crippen LogP contribution is -2.61. The number of anilines is 6. The predicted octanol–water partition coefficient (Wildman–Crippen LogP) is 15.6. The zero-order valence-corrected chi connectivity index (χ0v) is 40.8. The minimum Gasteiger partial charge on any atom is -0.311 e. The van der Waals surface area contributed by atoms with Gasteiger partial charge in [0.15, 0.2) is 0 Å². The van der Waals surface area contributed by atoms with Gasteiger partial charge in [0, 0.05) is 39.4 Å². The van der Waals surface area contributed by atoms with E-state index in [1.807, 2.05) is 0 Å². The fraction of sp³-hybridized carbons (Fsp3) is 0.200. The molecule has 3 heteroatoms. The molecule has 0 N–H and O–H groups in total. The second-order valence-electron chi connectivity index (χ2n) is 22.1. The van der Waals surface area contributed by atoms with Gasteiger partial charge in [0.1, 0.15) is 0 Å². The summed E-state index contributed by atoms with van der Waals surface area (Å²) in [4.78, 5) is 5.15. The number of hydrogen-bond donors (Lipinski definition) is 0. The van der Waals surface area contributed by atoms with Crippen LogP contribution in [0.3, 0.4) is 0 Å². The highest BCUT2D eigenvalue weighted by Gasteiger charge is 2.45. The van der Waals surface area contributed by atoms with Crippen molar-refractivity contribution >= 4 is 68.4 Å². The van der Waals surface area contributed by atoms with Crippen LogP contribution in [0.5, 0.6) is 0 Å². The molecule has 0 spiro atoms. The third-order valence-electron chi connectivity index (χ3n) is 15.5. The zero-order chi connectivity index (χ0) is 46.7. The van der Waals surface area contributed by atoms with E-state index in [9.17, 15) is 0 Å². The van der Waals surface area contributed by atoms with Gasteiger partial charge in [-0.2, -0.15) is 0 Å². The van der Waals surface area contributed by atoms with Gasteiger partial charge in [0.2, 0.25) is 0 Å². The number of allylic oxidation sites excluding steroid dienone is 4. The van der Waals surface area contributed by atoms with Gasteiger partial charge in [-0.3, -0.25) is 0 Å². The van der Waals surface area contributed by atoms with Crippen LogP contribution in [0.4, 0.5) is 34.1 Å². The maximum Gasteiger partial charge on any atom is 0.252 e. The summed E-state index contributed by atoms with van der Waals surface area (Å²) in [5.41, 5.74) is 27.3. The van der Waals surface area contributed by atoms with Gasteiger partial charge in [-0.15, -0.1) is 0 Å². The Morgan fingerprint density at radius 2 is 1.07 bits per heavy atom. The molecule has 2 nitrogen and oxygen atoms in total. The highest BCUT2D eigenvalue weighted by Crippen LogP contribution is 2.55. The number of nitrogens with zero attached hydrogens (tertiary/aromatic N) is 2. The normalized spacial score (nSPS) is 15.6. The molecule has 4 aliphatic rings. The van der Waals surface area contributed by atoms with Crippen molar-refractivity contribution in [2.24, 2.45) is 0 Å². The Morgan fingerprint density at radius 3 is 1.79 bits per heavy atom. The Labute approximate surface area is 404 Å². The topological polar surface area (TPSA) is 6.48 Å². The molecule has 0 amide bonds. The van der Waals surface area contributed by atoms with Crippen LogP contribution >= 0.6 is 0 Å². The van der Waals surface area contributed by atoms with E-state index in [2.05, 4.69) is 253 Å². The van der Waals surface area contributed by atoms with E-state index < -0.39 is 0 Å². The van der Waals surface area contributed by atoms with E-state index in [0.29, 0.717) is 0 Å². The molecule has 2 aliphatic heterocycles. The lowest BCUT2D eigenvalue weighted by molar-refractivity contribution is 0.590. The molecule has 0 unspecified atom stereocenters. The Hall–Kier alpha value is -7.10. The number of fused-ring (bicyclic) bond motifs is 6. The number of benzene rings is 8. The van der Waals surface area contributed by atoms with Crippen LogP contribution < -0.4 is 26.2 Å².